The number of carbonyl (C=O) groups is 1. The molecule has 2 aromatic carbocycles. The normalized spacial score (nSPS) is 12.1. The molecular weight excluding hydrogens is 366 g/mol. The monoisotopic (exact) mass is 393 g/mol. The Balaban J connectivity index is 1.66. The van der Waals surface area contributed by atoms with Crippen LogP contribution in [0.25, 0.3) is 11.4 Å². The summed E-state index contributed by atoms with van der Waals surface area (Å²) in [5.74, 6) is 1.79. The van der Waals surface area contributed by atoms with Gasteiger partial charge in [0.2, 0.25) is 11.7 Å². The highest BCUT2D eigenvalue weighted by Crippen LogP contribution is 2.28. The molecule has 0 unspecified atom stereocenters. The summed E-state index contributed by atoms with van der Waals surface area (Å²) >= 11 is 0. The highest BCUT2D eigenvalue weighted by molar-refractivity contribution is 5.80. The van der Waals surface area contributed by atoms with Crippen LogP contribution in [0, 0.1) is 6.92 Å². The number of nitrogens with zero attached hydrogens (tertiary/aromatic N) is 3. The van der Waals surface area contributed by atoms with E-state index in [1.165, 1.54) is 4.90 Å². The zero-order valence-electron chi connectivity index (χ0n) is 17.5. The third kappa shape index (κ3) is 5.02. The number of rotatable bonds is 7. The molecule has 3 rings (SSSR count). The van der Waals surface area contributed by atoms with Crippen molar-refractivity contribution in [2.45, 2.75) is 46.3 Å². The molecule has 0 radical (unpaired) electrons. The van der Waals surface area contributed by atoms with Gasteiger partial charge in [-0.2, -0.15) is 4.98 Å². The van der Waals surface area contributed by atoms with Gasteiger partial charge >= 0.3 is 0 Å². The first-order chi connectivity index (χ1) is 13.8. The lowest BCUT2D eigenvalue weighted by Gasteiger charge is -2.23. The van der Waals surface area contributed by atoms with E-state index in [1.54, 1.807) is 14.0 Å². The van der Waals surface area contributed by atoms with Crippen LogP contribution in [0.2, 0.25) is 0 Å². The molecule has 3 aromatic rings. The third-order valence-electron chi connectivity index (χ3n) is 4.69. The molecule has 1 atom stereocenters. The third-order valence-corrected chi connectivity index (χ3v) is 4.69. The Labute approximate surface area is 171 Å². The second kappa shape index (κ2) is 8.90. The van der Waals surface area contributed by atoms with Crippen molar-refractivity contribution in [2.24, 2.45) is 0 Å². The molecule has 29 heavy (non-hydrogen) atoms. The fraction of sp³-hybridized carbons (Fsp3) is 0.348. The molecule has 0 aliphatic rings. The minimum Gasteiger partial charge on any atom is -0.481 e. The van der Waals surface area contributed by atoms with E-state index in [2.05, 4.69) is 36.1 Å². The number of likely N-dealkylation sites (N-methyl/N-ethyl adjacent to an activating group) is 1. The topological polar surface area (TPSA) is 68.5 Å². The molecule has 0 saturated carbocycles. The Hall–Kier alpha value is -3.15. The van der Waals surface area contributed by atoms with Gasteiger partial charge in [0.05, 0.1) is 6.54 Å². The van der Waals surface area contributed by atoms with Gasteiger partial charge in [0.15, 0.2) is 6.10 Å². The summed E-state index contributed by atoms with van der Waals surface area (Å²) in [6.45, 7) is 8.20. The van der Waals surface area contributed by atoms with Crippen LogP contribution in [-0.2, 0) is 11.3 Å². The van der Waals surface area contributed by atoms with Crippen molar-refractivity contribution in [1.29, 1.82) is 0 Å². The maximum atomic E-state index is 12.8. The summed E-state index contributed by atoms with van der Waals surface area (Å²) in [4.78, 5) is 18.7. The molecule has 1 aromatic heterocycles. The van der Waals surface area contributed by atoms with E-state index in [1.807, 2.05) is 43.3 Å². The van der Waals surface area contributed by atoms with Crippen molar-refractivity contribution in [3.05, 3.63) is 65.5 Å². The van der Waals surface area contributed by atoms with Crippen molar-refractivity contribution in [1.82, 2.24) is 15.0 Å². The van der Waals surface area contributed by atoms with Gasteiger partial charge in [-0.3, -0.25) is 4.79 Å². The summed E-state index contributed by atoms with van der Waals surface area (Å²) in [6, 6.07) is 15.7. The van der Waals surface area contributed by atoms with Crippen molar-refractivity contribution in [3.63, 3.8) is 0 Å². The first kappa shape index (κ1) is 20.6. The lowest BCUT2D eigenvalue weighted by molar-refractivity contribution is -0.137. The first-order valence-electron chi connectivity index (χ1n) is 9.75. The summed E-state index contributed by atoms with van der Waals surface area (Å²) in [5.41, 5.74) is 3.05. The van der Waals surface area contributed by atoms with E-state index < -0.39 is 6.10 Å². The molecule has 6 heteroatoms. The maximum absolute atomic E-state index is 12.8. The predicted octanol–water partition coefficient (Wildman–Crippen LogP) is 4.59. The van der Waals surface area contributed by atoms with Gasteiger partial charge in [-0.1, -0.05) is 61.5 Å². The lowest BCUT2D eigenvalue weighted by Crippen LogP contribution is -2.37. The SMILES string of the molecule is Cc1ccc(C(C)C)c(O[C@H](C)C(=O)N(C)Cc2nc(-c3ccccc3)no2)c1. The molecular formula is C23H27N3O3. The molecule has 0 fully saturated rings. The summed E-state index contributed by atoms with van der Waals surface area (Å²) < 4.78 is 11.3. The Bertz CT molecular complexity index is 967. The second-order valence-corrected chi connectivity index (χ2v) is 7.53. The van der Waals surface area contributed by atoms with E-state index in [-0.39, 0.29) is 12.5 Å². The zero-order valence-corrected chi connectivity index (χ0v) is 17.5. The van der Waals surface area contributed by atoms with E-state index in [0.29, 0.717) is 17.6 Å². The van der Waals surface area contributed by atoms with Gasteiger partial charge in [0.1, 0.15) is 5.75 Å². The largest absolute Gasteiger partial charge is 0.481 e. The molecule has 152 valence electrons. The van der Waals surface area contributed by atoms with E-state index >= 15 is 0 Å². The Kier molecular flexibility index (Phi) is 6.32. The molecule has 0 aliphatic heterocycles. The number of ether oxygens (including phenoxy) is 1. The number of amides is 1. The fourth-order valence-corrected chi connectivity index (χ4v) is 3.08. The minimum absolute atomic E-state index is 0.152. The Morgan fingerprint density at radius 1 is 1.14 bits per heavy atom. The molecule has 0 saturated heterocycles. The lowest BCUT2D eigenvalue weighted by atomic mass is 10.0. The van der Waals surface area contributed by atoms with Crippen LogP contribution in [0.1, 0.15) is 43.7 Å². The number of hydrogen-bond acceptors (Lipinski definition) is 5. The molecule has 0 aliphatic carbocycles. The van der Waals surface area contributed by atoms with Gasteiger partial charge in [0.25, 0.3) is 5.91 Å². The molecule has 1 heterocycles. The maximum Gasteiger partial charge on any atom is 0.263 e. The van der Waals surface area contributed by atoms with Crippen LogP contribution in [0.4, 0.5) is 0 Å². The van der Waals surface area contributed by atoms with Gasteiger partial charge in [-0.25, -0.2) is 0 Å². The summed E-state index contributed by atoms with van der Waals surface area (Å²) in [7, 11) is 1.70. The zero-order chi connectivity index (χ0) is 21.0. The average Bonchev–Trinajstić information content (AvgIpc) is 3.16. The van der Waals surface area contributed by atoms with E-state index in [4.69, 9.17) is 9.26 Å². The molecule has 1 amide bonds. The fourth-order valence-electron chi connectivity index (χ4n) is 3.08. The van der Waals surface area contributed by atoms with Crippen LogP contribution in [0.3, 0.4) is 0 Å². The highest BCUT2D eigenvalue weighted by atomic mass is 16.5. The number of aromatic nitrogens is 2. The summed E-state index contributed by atoms with van der Waals surface area (Å²) in [5, 5.41) is 4.00. The van der Waals surface area contributed by atoms with Crippen LogP contribution >= 0.6 is 0 Å². The van der Waals surface area contributed by atoms with Crippen molar-refractivity contribution in [3.8, 4) is 17.1 Å². The molecule has 0 N–H and O–H groups in total. The predicted molar refractivity (Wildman–Crippen MR) is 112 cm³/mol. The smallest absolute Gasteiger partial charge is 0.263 e. The highest BCUT2D eigenvalue weighted by Gasteiger charge is 2.23. The number of aryl methyl sites for hydroxylation is 1. The van der Waals surface area contributed by atoms with Crippen molar-refractivity contribution in [2.75, 3.05) is 7.05 Å². The standard InChI is InChI=1S/C23H27N3O3/c1-15(2)19-12-11-16(3)13-20(19)28-17(4)23(27)26(5)14-21-24-22(25-29-21)18-9-7-6-8-10-18/h6-13,15,17H,14H2,1-5H3/t17-/m1/s1. The van der Waals surface area contributed by atoms with Gasteiger partial charge in [-0.05, 0) is 37.0 Å². The van der Waals surface area contributed by atoms with Gasteiger partial charge in [0, 0.05) is 12.6 Å². The summed E-state index contributed by atoms with van der Waals surface area (Å²) in [6.07, 6.45) is -0.629. The van der Waals surface area contributed by atoms with E-state index in [9.17, 15) is 4.79 Å². The first-order valence-corrected chi connectivity index (χ1v) is 9.75. The molecule has 0 bridgehead atoms. The van der Waals surface area contributed by atoms with E-state index in [0.717, 1.165) is 22.4 Å². The number of hydrogen-bond donors (Lipinski definition) is 0. The second-order valence-electron chi connectivity index (χ2n) is 7.53. The van der Waals surface area contributed by atoms with Gasteiger partial charge < -0.3 is 14.2 Å². The van der Waals surface area contributed by atoms with Crippen molar-refractivity contribution >= 4 is 5.91 Å². The minimum atomic E-state index is -0.629. The molecule has 0 spiro atoms. The quantitative estimate of drug-likeness (QED) is 0.587. The van der Waals surface area contributed by atoms with Crippen LogP contribution < -0.4 is 4.74 Å². The Morgan fingerprint density at radius 2 is 1.86 bits per heavy atom. The van der Waals surface area contributed by atoms with Crippen LogP contribution in [0.5, 0.6) is 5.75 Å². The van der Waals surface area contributed by atoms with Gasteiger partial charge in [-0.15, -0.1) is 0 Å². The van der Waals surface area contributed by atoms with Crippen molar-refractivity contribution < 1.29 is 14.1 Å². The average molecular weight is 393 g/mol. The number of carbonyl (C=O) groups excluding carboxylic acids is 1. The van der Waals surface area contributed by atoms with Crippen LogP contribution in [0.15, 0.2) is 53.1 Å². The molecule has 6 nitrogen and oxygen atoms in total. The van der Waals surface area contributed by atoms with Crippen LogP contribution in [-0.4, -0.2) is 34.1 Å². The Morgan fingerprint density at radius 3 is 2.55 bits per heavy atom. The number of benzene rings is 2.